The van der Waals surface area contributed by atoms with E-state index in [1.54, 1.807) is 72.8 Å². The molecular weight excluding hydrogens is 692 g/mol. The third-order valence-electron chi connectivity index (χ3n) is 8.82. The zero-order valence-corrected chi connectivity index (χ0v) is 27.0. The molecule has 2 fully saturated rings. The van der Waals surface area contributed by atoms with Crippen LogP contribution in [0.25, 0.3) is 5.76 Å². The first kappa shape index (κ1) is 32.8. The lowest BCUT2D eigenvalue weighted by molar-refractivity contribution is -0.155. The first-order chi connectivity index (χ1) is 25.6. The molecular formula is C39H22O14. The van der Waals surface area contributed by atoms with E-state index in [4.69, 9.17) is 23.7 Å². The predicted molar refractivity (Wildman–Crippen MR) is 175 cm³/mol. The molecule has 3 aromatic rings. The van der Waals surface area contributed by atoms with Gasteiger partial charge in [-0.25, -0.2) is 14.4 Å². The summed E-state index contributed by atoms with van der Waals surface area (Å²) in [6, 6.07) is 16.3. The molecule has 6 aliphatic rings. The molecule has 14 heteroatoms. The minimum Gasteiger partial charge on any atom is -0.461 e. The van der Waals surface area contributed by atoms with Crippen molar-refractivity contribution < 1.29 is 66.7 Å². The van der Waals surface area contributed by atoms with E-state index >= 15 is 0 Å². The summed E-state index contributed by atoms with van der Waals surface area (Å²) in [5, 5.41) is 0. The first-order valence-corrected chi connectivity index (χ1v) is 15.9. The van der Waals surface area contributed by atoms with Crippen molar-refractivity contribution in [2.24, 2.45) is 23.7 Å². The van der Waals surface area contributed by atoms with E-state index in [0.29, 0.717) is 34.1 Å². The van der Waals surface area contributed by atoms with Crippen molar-refractivity contribution in [2.45, 2.75) is 0 Å². The molecule has 0 spiro atoms. The molecule has 2 saturated heterocycles. The Kier molecular flexibility index (Phi) is 7.90. The summed E-state index contributed by atoms with van der Waals surface area (Å²) in [5.74, 6) is -5.75. The Morgan fingerprint density at radius 2 is 1.02 bits per heavy atom. The molecule has 4 unspecified atom stereocenters. The normalized spacial score (nSPS) is 22.9. The molecule has 9 rings (SSSR count). The number of fused-ring (bicyclic) bond motifs is 4. The van der Waals surface area contributed by atoms with Crippen molar-refractivity contribution in [2.75, 3.05) is 0 Å². The fourth-order valence-corrected chi connectivity index (χ4v) is 6.39. The molecule has 4 atom stereocenters. The first-order valence-electron chi connectivity index (χ1n) is 15.9. The van der Waals surface area contributed by atoms with Crippen LogP contribution in [0.5, 0.6) is 23.0 Å². The van der Waals surface area contributed by atoms with Crippen LogP contribution in [0.4, 0.5) is 0 Å². The van der Waals surface area contributed by atoms with Gasteiger partial charge in [0, 0.05) is 11.6 Å². The van der Waals surface area contributed by atoms with Gasteiger partial charge in [0.05, 0.1) is 17.4 Å². The Balaban J connectivity index is 0.000000156. The zero-order chi connectivity index (χ0) is 37.0. The topological polar surface area (TPSA) is 184 Å². The standard InChI is InChI=1S/C23H14O7.C16H8O7/c1-12-15-7-3-9-17(19(15)22(25)27-12)28-13-5-2-6-14(11-13)29-18-10-4-8-16-20(18)23(26)30-21(16)24;17-13-7-3-1-5-9(11(7)15(19)22-13)21-10-6-2-4-8-12(10)16(20)23-14(8)18/h2-11,16,20H,1H2;1-7,11H. The van der Waals surface area contributed by atoms with Crippen molar-refractivity contribution >= 4 is 47.5 Å². The lowest BCUT2D eigenvalue weighted by Crippen LogP contribution is -2.23. The molecule has 3 aromatic carbocycles. The van der Waals surface area contributed by atoms with Gasteiger partial charge in [0.2, 0.25) is 0 Å². The summed E-state index contributed by atoms with van der Waals surface area (Å²) in [6.45, 7) is 3.72. The number of esters is 7. The third-order valence-corrected chi connectivity index (χ3v) is 8.82. The van der Waals surface area contributed by atoms with Crippen LogP contribution in [0.15, 0.2) is 115 Å². The Morgan fingerprint density at radius 1 is 0.509 bits per heavy atom. The highest BCUT2D eigenvalue weighted by Crippen LogP contribution is 2.40. The highest BCUT2D eigenvalue weighted by molar-refractivity contribution is 6.16. The fraction of sp³-hybridized carbons (Fsp3) is 0.103. The monoisotopic (exact) mass is 714 g/mol. The number of ether oxygens (including phenoxy) is 7. The summed E-state index contributed by atoms with van der Waals surface area (Å²) < 4.78 is 36.4. The molecule has 4 heterocycles. The van der Waals surface area contributed by atoms with Gasteiger partial charge >= 0.3 is 41.8 Å². The van der Waals surface area contributed by atoms with Crippen LogP contribution < -0.4 is 14.2 Å². The van der Waals surface area contributed by atoms with E-state index in [2.05, 4.69) is 16.1 Å². The molecule has 0 amide bonds. The van der Waals surface area contributed by atoms with Crippen LogP contribution in [0.1, 0.15) is 36.6 Å². The number of hydrogen-bond acceptors (Lipinski definition) is 14. The summed E-state index contributed by atoms with van der Waals surface area (Å²) in [4.78, 5) is 82.7. The Bertz CT molecular complexity index is 2360. The molecule has 0 saturated carbocycles. The molecule has 4 aliphatic heterocycles. The van der Waals surface area contributed by atoms with Gasteiger partial charge in [0.15, 0.2) is 0 Å². The second kappa shape index (κ2) is 12.8. The van der Waals surface area contributed by atoms with Crippen molar-refractivity contribution in [3.8, 4) is 23.0 Å². The van der Waals surface area contributed by atoms with Gasteiger partial charge in [-0.15, -0.1) is 0 Å². The van der Waals surface area contributed by atoms with E-state index in [-0.39, 0.29) is 28.4 Å². The van der Waals surface area contributed by atoms with Gasteiger partial charge in [-0.3, -0.25) is 19.2 Å². The summed E-state index contributed by atoms with van der Waals surface area (Å²) in [5.41, 5.74) is 0.992. The summed E-state index contributed by atoms with van der Waals surface area (Å²) >= 11 is 0. The van der Waals surface area contributed by atoms with Gasteiger partial charge in [-0.05, 0) is 42.5 Å². The van der Waals surface area contributed by atoms with Crippen LogP contribution in [0.2, 0.25) is 0 Å². The van der Waals surface area contributed by atoms with Gasteiger partial charge in [-0.1, -0.05) is 55.1 Å². The number of benzene rings is 3. The minimum atomic E-state index is -0.892. The molecule has 2 aliphatic carbocycles. The van der Waals surface area contributed by atoms with E-state index in [0.717, 1.165) is 0 Å². The Labute approximate surface area is 298 Å². The maximum absolute atomic E-state index is 12.1. The molecule has 53 heavy (non-hydrogen) atoms. The maximum Gasteiger partial charge on any atom is 0.350 e. The molecule has 0 N–H and O–H groups in total. The Morgan fingerprint density at radius 3 is 1.66 bits per heavy atom. The molecule has 0 bridgehead atoms. The Hall–Kier alpha value is -7.35. The fourth-order valence-electron chi connectivity index (χ4n) is 6.39. The lowest BCUT2D eigenvalue weighted by atomic mass is 9.89. The highest BCUT2D eigenvalue weighted by atomic mass is 16.6. The second-order valence-electron chi connectivity index (χ2n) is 12.0. The largest absolute Gasteiger partial charge is 0.461 e. The molecule has 0 radical (unpaired) electrons. The van der Waals surface area contributed by atoms with Gasteiger partial charge in [-0.2, -0.15) is 0 Å². The van der Waals surface area contributed by atoms with Gasteiger partial charge in [0.1, 0.15) is 63.2 Å². The van der Waals surface area contributed by atoms with Crippen molar-refractivity contribution in [1.82, 2.24) is 0 Å². The maximum atomic E-state index is 12.1. The quantitative estimate of drug-likeness (QED) is 0.191. The van der Waals surface area contributed by atoms with Crippen molar-refractivity contribution in [3.63, 3.8) is 0 Å². The average molecular weight is 715 g/mol. The van der Waals surface area contributed by atoms with E-state index < -0.39 is 65.5 Å². The number of carbonyl (C=O) groups excluding carboxylic acids is 7. The minimum absolute atomic E-state index is 0.00203. The third kappa shape index (κ3) is 5.77. The summed E-state index contributed by atoms with van der Waals surface area (Å²) in [7, 11) is 0. The van der Waals surface area contributed by atoms with Crippen LogP contribution in [-0.2, 0) is 38.1 Å². The van der Waals surface area contributed by atoms with Crippen LogP contribution >= 0.6 is 0 Å². The molecule has 14 nitrogen and oxygen atoms in total. The highest BCUT2D eigenvalue weighted by Gasteiger charge is 2.48. The molecule has 0 aromatic heterocycles. The SMILES string of the molecule is C=C1OC(=O)c2c(Oc3cccc(OC4=CC=CC5C(=O)OC(=O)C45)c3)cccc21.O=C1OC(=O)c2c(OC3=CC=CC4C(=O)OC(=O)C34)cccc21. The van der Waals surface area contributed by atoms with E-state index in [9.17, 15) is 33.6 Å². The van der Waals surface area contributed by atoms with Gasteiger partial charge < -0.3 is 33.2 Å². The average Bonchev–Trinajstić information content (AvgIpc) is 3.82. The number of hydrogen-bond donors (Lipinski definition) is 0. The zero-order valence-electron chi connectivity index (χ0n) is 27.0. The van der Waals surface area contributed by atoms with E-state index in [1.165, 1.54) is 24.3 Å². The number of cyclic esters (lactones) is 7. The summed E-state index contributed by atoms with van der Waals surface area (Å²) in [6.07, 6.45) is 9.54. The van der Waals surface area contributed by atoms with Crippen LogP contribution in [-0.4, -0.2) is 41.8 Å². The van der Waals surface area contributed by atoms with Crippen molar-refractivity contribution in [1.29, 1.82) is 0 Å². The number of carbonyl (C=O) groups is 7. The second-order valence-corrected chi connectivity index (χ2v) is 12.0. The van der Waals surface area contributed by atoms with E-state index in [1.807, 2.05) is 0 Å². The van der Waals surface area contributed by atoms with Crippen LogP contribution in [0.3, 0.4) is 0 Å². The number of rotatable bonds is 6. The van der Waals surface area contributed by atoms with Crippen LogP contribution in [0, 0.1) is 23.7 Å². The predicted octanol–water partition coefficient (Wildman–Crippen LogP) is 4.91. The molecule has 262 valence electrons. The van der Waals surface area contributed by atoms with Gasteiger partial charge in [0.25, 0.3) is 0 Å². The smallest absolute Gasteiger partial charge is 0.350 e. The van der Waals surface area contributed by atoms with Crippen molar-refractivity contribution in [3.05, 3.63) is 137 Å². The number of allylic oxidation sites excluding steroid dienone is 4. The lowest BCUT2D eigenvalue weighted by Gasteiger charge is -2.19.